The number of fused-ring (bicyclic) bond motifs is 2. The number of aliphatic hydroxyl groups is 1. The molecule has 2 aromatic rings. The first-order chi connectivity index (χ1) is 15.1. The second kappa shape index (κ2) is 7.90. The van der Waals surface area contributed by atoms with Crippen molar-refractivity contribution in [2.75, 3.05) is 13.2 Å². The van der Waals surface area contributed by atoms with Gasteiger partial charge in [0.1, 0.15) is 11.4 Å². The van der Waals surface area contributed by atoms with Gasteiger partial charge in [-0.05, 0) is 26.3 Å². The molecule has 1 saturated carbocycles. The van der Waals surface area contributed by atoms with Crippen molar-refractivity contribution >= 4 is 23.4 Å². The first-order valence-electron chi connectivity index (χ1n) is 10.2. The average Bonchev–Trinajstić information content (AvgIpc) is 3.47. The molecular formula is C22H23ClFN3O5. The molecule has 0 radical (unpaired) electrons. The number of aromatic nitrogens is 1. The fourth-order valence-corrected chi connectivity index (χ4v) is 4.56. The van der Waals surface area contributed by atoms with Gasteiger partial charge in [0, 0.05) is 43.4 Å². The van der Waals surface area contributed by atoms with E-state index < -0.39 is 34.3 Å². The predicted octanol–water partition coefficient (Wildman–Crippen LogP) is 1.85. The van der Waals surface area contributed by atoms with Crippen molar-refractivity contribution in [2.45, 2.75) is 38.4 Å². The Hall–Kier alpha value is -2.91. The lowest BCUT2D eigenvalue weighted by Crippen LogP contribution is -2.52. The Balaban J connectivity index is 1.73. The zero-order valence-corrected chi connectivity index (χ0v) is 18.3. The van der Waals surface area contributed by atoms with Crippen molar-refractivity contribution < 1.29 is 24.2 Å². The van der Waals surface area contributed by atoms with Crippen molar-refractivity contribution in [1.82, 2.24) is 14.8 Å². The lowest BCUT2D eigenvalue weighted by molar-refractivity contribution is 0.0551. The Labute approximate surface area is 188 Å². The average molecular weight is 464 g/mol. The summed E-state index contributed by atoms with van der Waals surface area (Å²) in [6.07, 6.45) is 1.79. The molecule has 0 bridgehead atoms. The molecule has 1 aromatic heterocycles. The highest BCUT2D eigenvalue weighted by atomic mass is 35.5. The van der Waals surface area contributed by atoms with E-state index in [1.54, 1.807) is 4.90 Å². The second-order valence-corrected chi connectivity index (χ2v) is 8.96. The van der Waals surface area contributed by atoms with E-state index in [9.17, 15) is 29.0 Å². The summed E-state index contributed by atoms with van der Waals surface area (Å²) in [6, 6.07) is 4.17. The van der Waals surface area contributed by atoms with E-state index in [2.05, 4.69) is 5.32 Å². The molecule has 170 valence electrons. The Bertz CT molecular complexity index is 1180. The summed E-state index contributed by atoms with van der Waals surface area (Å²) in [5.41, 5.74) is -2.13. The van der Waals surface area contributed by atoms with Gasteiger partial charge in [0.05, 0.1) is 10.6 Å². The summed E-state index contributed by atoms with van der Waals surface area (Å²) >= 11 is 5.75. The van der Waals surface area contributed by atoms with E-state index in [0.717, 1.165) is 0 Å². The fraction of sp³-hybridized carbons (Fsp3) is 0.409. The van der Waals surface area contributed by atoms with Gasteiger partial charge < -0.3 is 25.0 Å². The molecule has 1 spiro atoms. The topological polar surface area (TPSA) is 112 Å². The van der Waals surface area contributed by atoms with Gasteiger partial charge in [-0.25, -0.2) is 4.39 Å². The third-order valence-corrected chi connectivity index (χ3v) is 6.62. The van der Waals surface area contributed by atoms with Gasteiger partial charge >= 0.3 is 0 Å². The van der Waals surface area contributed by atoms with E-state index in [1.807, 2.05) is 13.8 Å². The number of benzene rings is 1. The molecule has 2 amide bonds. The van der Waals surface area contributed by atoms with Crippen molar-refractivity contribution in [3.63, 3.8) is 0 Å². The van der Waals surface area contributed by atoms with Crippen molar-refractivity contribution in [3.05, 3.63) is 62.3 Å². The van der Waals surface area contributed by atoms with Crippen LogP contribution in [0.15, 0.2) is 29.2 Å². The third kappa shape index (κ3) is 3.36. The van der Waals surface area contributed by atoms with Crippen LogP contribution in [0.4, 0.5) is 4.39 Å². The quantitative estimate of drug-likeness (QED) is 0.626. The summed E-state index contributed by atoms with van der Waals surface area (Å²) in [7, 11) is 0. The molecule has 2 unspecified atom stereocenters. The zero-order chi connectivity index (χ0) is 23.4. The monoisotopic (exact) mass is 463 g/mol. The Kier molecular flexibility index (Phi) is 5.50. The number of nitrogens with zero attached hydrogens (tertiary/aromatic N) is 2. The summed E-state index contributed by atoms with van der Waals surface area (Å²) in [5, 5.41) is 22.7. The van der Waals surface area contributed by atoms with Gasteiger partial charge in [-0.2, -0.15) is 0 Å². The largest absolute Gasteiger partial charge is 0.503 e. The number of aromatic hydroxyl groups is 1. The van der Waals surface area contributed by atoms with Crippen LogP contribution in [0.25, 0.3) is 0 Å². The molecular weight excluding hydrogens is 441 g/mol. The molecule has 1 aromatic carbocycles. The Morgan fingerprint density at radius 1 is 1.38 bits per heavy atom. The number of hydrogen-bond acceptors (Lipinski definition) is 5. The van der Waals surface area contributed by atoms with Crippen LogP contribution in [0.2, 0.25) is 5.02 Å². The number of nitrogens with one attached hydrogen (secondary N) is 1. The molecule has 2 aliphatic rings. The molecule has 10 heteroatoms. The van der Waals surface area contributed by atoms with Crippen LogP contribution in [0.5, 0.6) is 5.75 Å². The summed E-state index contributed by atoms with van der Waals surface area (Å²) in [5.74, 6) is -3.02. The van der Waals surface area contributed by atoms with Gasteiger partial charge in [-0.3, -0.25) is 14.4 Å². The number of halogens is 2. The molecule has 3 N–H and O–H groups in total. The number of hydrogen-bond donors (Lipinski definition) is 3. The molecule has 2 atom stereocenters. The highest BCUT2D eigenvalue weighted by molar-refractivity contribution is 6.30. The number of rotatable bonds is 5. The van der Waals surface area contributed by atoms with Gasteiger partial charge in [0.2, 0.25) is 5.43 Å². The zero-order valence-electron chi connectivity index (χ0n) is 17.6. The first kappa shape index (κ1) is 22.3. The highest BCUT2D eigenvalue weighted by Crippen LogP contribution is 2.54. The maximum absolute atomic E-state index is 14.1. The lowest BCUT2D eigenvalue weighted by Gasteiger charge is -2.39. The molecule has 2 heterocycles. The number of carbonyl (C=O) groups is 2. The van der Waals surface area contributed by atoms with Gasteiger partial charge in [-0.1, -0.05) is 23.7 Å². The van der Waals surface area contributed by atoms with Crippen LogP contribution in [0, 0.1) is 11.7 Å². The maximum atomic E-state index is 14.1. The molecule has 32 heavy (non-hydrogen) atoms. The first-order valence-corrected chi connectivity index (χ1v) is 10.6. The van der Waals surface area contributed by atoms with E-state index in [-0.39, 0.29) is 47.0 Å². The minimum atomic E-state index is -0.990. The number of pyridine rings is 1. The molecule has 8 nitrogen and oxygen atoms in total. The van der Waals surface area contributed by atoms with E-state index in [0.29, 0.717) is 13.0 Å². The van der Waals surface area contributed by atoms with Crippen LogP contribution in [0.3, 0.4) is 0 Å². The molecule has 1 aliphatic carbocycles. The minimum Gasteiger partial charge on any atom is -0.503 e. The summed E-state index contributed by atoms with van der Waals surface area (Å²) in [4.78, 5) is 40.1. The fourth-order valence-electron chi connectivity index (χ4n) is 4.36. The number of carbonyl (C=O) groups excluding carboxylic acids is 2. The lowest BCUT2D eigenvalue weighted by atomic mass is 10.0. The van der Waals surface area contributed by atoms with E-state index >= 15 is 0 Å². The SMILES string of the molecule is CC(C)N1CC2(CC2CO)n2cc(C(=O)NCc3cccc(Cl)c3F)c(=O)c(O)c2C1=O. The van der Waals surface area contributed by atoms with Gasteiger partial charge in [0.25, 0.3) is 11.8 Å². The molecule has 4 rings (SSSR count). The Morgan fingerprint density at radius 2 is 2.09 bits per heavy atom. The van der Waals surface area contributed by atoms with Gasteiger partial charge in [-0.15, -0.1) is 0 Å². The van der Waals surface area contributed by atoms with Crippen molar-refractivity contribution in [2.24, 2.45) is 5.92 Å². The maximum Gasteiger partial charge on any atom is 0.274 e. The third-order valence-electron chi connectivity index (χ3n) is 6.33. The normalized spacial score (nSPS) is 21.8. The molecule has 0 saturated heterocycles. The van der Waals surface area contributed by atoms with Crippen LogP contribution >= 0.6 is 11.6 Å². The smallest absolute Gasteiger partial charge is 0.274 e. The molecule has 1 aliphatic heterocycles. The van der Waals surface area contributed by atoms with Crippen molar-refractivity contribution in [1.29, 1.82) is 0 Å². The molecule has 1 fully saturated rings. The van der Waals surface area contributed by atoms with Crippen LogP contribution in [-0.4, -0.2) is 50.7 Å². The standard InChI is InChI=1S/C22H23ClFN3O5/c1-11(2)26-10-22(6-13(22)9-28)27-8-14(18(29)19(30)17(27)21(26)32)20(31)25-7-12-4-3-5-15(23)16(12)24/h3-5,8,11,13,28,30H,6-7,9-10H2,1-2H3,(H,25,31). The number of amides is 2. The van der Waals surface area contributed by atoms with Crippen molar-refractivity contribution in [3.8, 4) is 5.75 Å². The van der Waals surface area contributed by atoms with E-state index in [4.69, 9.17) is 11.6 Å². The summed E-state index contributed by atoms with van der Waals surface area (Å²) < 4.78 is 15.6. The Morgan fingerprint density at radius 3 is 2.72 bits per heavy atom. The van der Waals surface area contributed by atoms with Crippen LogP contribution < -0.4 is 10.7 Å². The summed E-state index contributed by atoms with van der Waals surface area (Å²) in [6.45, 7) is 3.57. The number of aliphatic hydroxyl groups excluding tert-OH is 1. The van der Waals surface area contributed by atoms with Crippen LogP contribution in [0.1, 0.15) is 46.7 Å². The van der Waals surface area contributed by atoms with E-state index in [1.165, 1.54) is 29.0 Å². The van der Waals surface area contributed by atoms with Gasteiger partial charge in [0.15, 0.2) is 11.4 Å². The second-order valence-electron chi connectivity index (χ2n) is 8.55. The van der Waals surface area contributed by atoms with Crippen LogP contribution in [-0.2, 0) is 12.1 Å². The highest BCUT2D eigenvalue weighted by Gasteiger charge is 2.60. The minimum absolute atomic E-state index is 0.0952. The predicted molar refractivity (Wildman–Crippen MR) is 114 cm³/mol.